The number of carbonyl (C=O) groups excluding carboxylic acids is 2. The van der Waals surface area contributed by atoms with E-state index in [1.54, 1.807) is 25.1 Å². The van der Waals surface area contributed by atoms with Crippen LogP contribution in [0.25, 0.3) is 6.08 Å². The molecule has 0 unspecified atom stereocenters. The van der Waals surface area contributed by atoms with Gasteiger partial charge in [0.05, 0.1) is 4.91 Å². The summed E-state index contributed by atoms with van der Waals surface area (Å²) in [5.41, 5.74) is 0. The number of imide groups is 1. The van der Waals surface area contributed by atoms with Crippen molar-refractivity contribution in [3.8, 4) is 0 Å². The van der Waals surface area contributed by atoms with E-state index in [2.05, 4.69) is 15.9 Å². The summed E-state index contributed by atoms with van der Waals surface area (Å²) in [5, 5.41) is -0.232. The third-order valence-electron chi connectivity index (χ3n) is 2.06. The lowest BCUT2D eigenvalue weighted by atomic mass is 10.3. The maximum atomic E-state index is 11.7. The number of nitrogens with zero attached hydrogens (tertiary/aromatic N) is 1. The van der Waals surface area contributed by atoms with Crippen LogP contribution in [0.1, 0.15) is 12.7 Å². The van der Waals surface area contributed by atoms with Crippen LogP contribution in [-0.4, -0.2) is 22.6 Å². The number of rotatable bonds is 2. The molecule has 0 aliphatic carbocycles. The van der Waals surface area contributed by atoms with Gasteiger partial charge in [-0.15, -0.1) is 0 Å². The zero-order chi connectivity index (χ0) is 11.7. The van der Waals surface area contributed by atoms with E-state index in [-0.39, 0.29) is 11.1 Å². The molecule has 0 bridgehead atoms. The van der Waals surface area contributed by atoms with Crippen molar-refractivity contribution in [2.45, 2.75) is 6.92 Å². The van der Waals surface area contributed by atoms with Gasteiger partial charge in [-0.05, 0) is 46.7 Å². The maximum absolute atomic E-state index is 11.7. The molecule has 1 aliphatic rings. The quantitative estimate of drug-likeness (QED) is 0.788. The molecule has 16 heavy (non-hydrogen) atoms. The van der Waals surface area contributed by atoms with Crippen molar-refractivity contribution < 1.29 is 14.0 Å². The first-order valence-corrected chi connectivity index (χ1v) is 6.23. The van der Waals surface area contributed by atoms with Crippen LogP contribution in [0.5, 0.6) is 0 Å². The Kier molecular flexibility index (Phi) is 3.20. The number of carbonyl (C=O) groups is 2. The van der Waals surface area contributed by atoms with Gasteiger partial charge < -0.3 is 4.42 Å². The molecule has 2 amide bonds. The monoisotopic (exact) mass is 301 g/mol. The van der Waals surface area contributed by atoms with Gasteiger partial charge >= 0.3 is 0 Å². The van der Waals surface area contributed by atoms with E-state index >= 15 is 0 Å². The molecule has 1 saturated heterocycles. The first-order chi connectivity index (χ1) is 7.61. The van der Waals surface area contributed by atoms with Gasteiger partial charge in [0.2, 0.25) is 0 Å². The van der Waals surface area contributed by atoms with Crippen molar-refractivity contribution in [3.05, 3.63) is 27.5 Å². The Morgan fingerprint density at radius 1 is 1.50 bits per heavy atom. The smallest absolute Gasteiger partial charge is 0.293 e. The summed E-state index contributed by atoms with van der Waals surface area (Å²) in [5.74, 6) is 0.290. The molecule has 0 aromatic carbocycles. The average molecular weight is 302 g/mol. The number of hydrogen-bond donors (Lipinski definition) is 0. The zero-order valence-corrected chi connectivity index (χ0v) is 10.8. The van der Waals surface area contributed by atoms with E-state index in [9.17, 15) is 9.59 Å². The molecule has 84 valence electrons. The molecule has 2 rings (SSSR count). The van der Waals surface area contributed by atoms with Crippen molar-refractivity contribution in [1.29, 1.82) is 0 Å². The lowest BCUT2D eigenvalue weighted by Gasteiger charge is -2.06. The minimum Gasteiger partial charge on any atom is -0.450 e. The van der Waals surface area contributed by atoms with Gasteiger partial charge in [0.15, 0.2) is 4.67 Å². The Labute approximate surface area is 105 Å². The van der Waals surface area contributed by atoms with E-state index in [1.165, 1.54) is 4.90 Å². The molecule has 4 nitrogen and oxygen atoms in total. The van der Waals surface area contributed by atoms with Crippen LogP contribution in [0.2, 0.25) is 0 Å². The van der Waals surface area contributed by atoms with Gasteiger partial charge in [0.25, 0.3) is 11.1 Å². The third kappa shape index (κ3) is 2.08. The summed E-state index contributed by atoms with van der Waals surface area (Å²) in [6, 6.07) is 3.46. The Hall–Kier alpha value is -1.01. The first-order valence-electron chi connectivity index (χ1n) is 4.62. The molecule has 0 radical (unpaired) electrons. The number of amides is 2. The molecule has 1 aromatic heterocycles. The van der Waals surface area contributed by atoms with Crippen LogP contribution >= 0.6 is 27.7 Å². The fourth-order valence-corrected chi connectivity index (χ4v) is 2.51. The van der Waals surface area contributed by atoms with Gasteiger partial charge in [-0.2, -0.15) is 0 Å². The van der Waals surface area contributed by atoms with Crippen molar-refractivity contribution in [2.75, 3.05) is 6.54 Å². The highest BCUT2D eigenvalue weighted by Gasteiger charge is 2.33. The molecule has 1 aliphatic heterocycles. The Morgan fingerprint density at radius 2 is 2.25 bits per heavy atom. The molecule has 0 spiro atoms. The summed E-state index contributed by atoms with van der Waals surface area (Å²) >= 11 is 4.10. The molecule has 0 N–H and O–H groups in total. The fourth-order valence-electron chi connectivity index (χ4n) is 1.31. The first kappa shape index (κ1) is 11.5. The Bertz CT molecular complexity index is 480. The van der Waals surface area contributed by atoms with Crippen molar-refractivity contribution in [3.63, 3.8) is 0 Å². The lowest BCUT2D eigenvalue weighted by molar-refractivity contribution is -0.122. The minimum absolute atomic E-state index is 0.232. The van der Waals surface area contributed by atoms with E-state index in [4.69, 9.17) is 4.42 Å². The normalized spacial score (nSPS) is 18.9. The maximum Gasteiger partial charge on any atom is 0.293 e. The number of furan rings is 1. The van der Waals surface area contributed by atoms with Crippen molar-refractivity contribution >= 4 is 44.9 Å². The largest absolute Gasteiger partial charge is 0.450 e. The highest BCUT2D eigenvalue weighted by molar-refractivity contribution is 9.10. The number of likely N-dealkylation sites (N-methyl/N-ethyl adjacent to an activating group) is 1. The topological polar surface area (TPSA) is 50.5 Å². The molecule has 1 aromatic rings. The van der Waals surface area contributed by atoms with E-state index in [0.717, 1.165) is 11.8 Å². The standard InChI is InChI=1S/C10H8BrNO3S/c1-2-12-9(13)7(16-10(12)14)5-6-3-4-8(11)15-6/h3-5H,2H2,1H3/b7-5+. The van der Waals surface area contributed by atoms with Crippen molar-refractivity contribution in [2.24, 2.45) is 0 Å². The second kappa shape index (κ2) is 4.47. The Morgan fingerprint density at radius 3 is 2.75 bits per heavy atom. The summed E-state index contributed by atoms with van der Waals surface area (Å²) in [4.78, 5) is 24.7. The predicted molar refractivity (Wildman–Crippen MR) is 64.8 cm³/mol. The fraction of sp³-hybridized carbons (Fsp3) is 0.200. The summed E-state index contributed by atoms with van der Waals surface area (Å²) in [6.45, 7) is 2.16. The van der Waals surface area contributed by atoms with Gasteiger partial charge in [-0.1, -0.05) is 0 Å². The minimum atomic E-state index is -0.259. The van der Waals surface area contributed by atoms with Crippen LogP contribution in [0.15, 0.2) is 26.1 Å². The van der Waals surface area contributed by atoms with Crippen LogP contribution in [0.4, 0.5) is 4.79 Å². The summed E-state index contributed by atoms with van der Waals surface area (Å²) < 4.78 is 5.83. The molecule has 1 fully saturated rings. The summed E-state index contributed by atoms with van der Waals surface area (Å²) in [7, 11) is 0. The zero-order valence-electron chi connectivity index (χ0n) is 8.40. The third-order valence-corrected chi connectivity index (χ3v) is 3.39. The lowest BCUT2D eigenvalue weighted by Crippen LogP contribution is -2.27. The van der Waals surface area contributed by atoms with Crippen LogP contribution in [0.3, 0.4) is 0 Å². The Balaban J connectivity index is 2.27. The molecular formula is C10H8BrNO3S. The van der Waals surface area contributed by atoms with E-state index < -0.39 is 0 Å². The van der Waals surface area contributed by atoms with Crippen molar-refractivity contribution in [1.82, 2.24) is 4.90 Å². The highest BCUT2D eigenvalue weighted by Crippen LogP contribution is 2.32. The van der Waals surface area contributed by atoms with Gasteiger partial charge in [-0.25, -0.2) is 0 Å². The van der Waals surface area contributed by atoms with Gasteiger partial charge in [0, 0.05) is 12.6 Å². The van der Waals surface area contributed by atoms with E-state index in [0.29, 0.717) is 21.9 Å². The number of halogens is 1. The van der Waals surface area contributed by atoms with Gasteiger partial charge in [-0.3, -0.25) is 14.5 Å². The average Bonchev–Trinajstić information content (AvgIpc) is 2.74. The second-order valence-electron chi connectivity index (χ2n) is 3.07. The molecule has 0 saturated carbocycles. The molecule has 6 heteroatoms. The van der Waals surface area contributed by atoms with Crippen LogP contribution in [-0.2, 0) is 4.79 Å². The van der Waals surface area contributed by atoms with Crippen LogP contribution < -0.4 is 0 Å². The van der Waals surface area contributed by atoms with E-state index in [1.807, 2.05) is 0 Å². The molecule has 2 heterocycles. The number of thioether (sulfide) groups is 1. The SMILES string of the molecule is CCN1C(=O)S/C(=C/c2ccc(Br)o2)C1=O. The van der Waals surface area contributed by atoms with Crippen LogP contribution in [0, 0.1) is 0 Å². The second-order valence-corrected chi connectivity index (χ2v) is 4.84. The summed E-state index contributed by atoms with van der Waals surface area (Å²) in [6.07, 6.45) is 1.57. The number of hydrogen-bond acceptors (Lipinski definition) is 4. The molecular weight excluding hydrogens is 294 g/mol. The van der Waals surface area contributed by atoms with Gasteiger partial charge in [0.1, 0.15) is 5.76 Å². The molecule has 0 atom stereocenters. The predicted octanol–water partition coefficient (Wildman–Crippen LogP) is 3.10. The highest BCUT2D eigenvalue weighted by atomic mass is 79.9.